The Bertz CT molecular complexity index is 351. The number of rotatable bonds is 4. The Hall–Kier alpha value is -1.42. The Morgan fingerprint density at radius 1 is 1.40 bits per heavy atom. The van der Waals surface area contributed by atoms with Crippen molar-refractivity contribution in [3.8, 4) is 0 Å². The van der Waals surface area contributed by atoms with Crippen molar-refractivity contribution < 1.29 is 4.79 Å². The van der Waals surface area contributed by atoms with Crippen molar-refractivity contribution in [1.29, 1.82) is 0 Å². The summed E-state index contributed by atoms with van der Waals surface area (Å²) >= 11 is 4.76. The number of nitrogens with two attached hydrogens (primary N) is 1. The van der Waals surface area contributed by atoms with Gasteiger partial charge in [0.25, 0.3) is 5.91 Å². The monoisotopic (exact) mass is 222 g/mol. The Kier molecular flexibility index (Phi) is 4.24. The van der Waals surface area contributed by atoms with Crippen LogP contribution in [0.15, 0.2) is 30.3 Å². The first-order valence-corrected chi connectivity index (χ1v) is 5.11. The molecule has 80 valence electrons. The molecular weight excluding hydrogens is 208 g/mol. The second-order valence-electron chi connectivity index (χ2n) is 3.31. The number of amides is 1. The topological polar surface area (TPSA) is 46.3 Å². The minimum Gasteiger partial charge on any atom is -0.393 e. The Morgan fingerprint density at radius 2 is 2.00 bits per heavy atom. The van der Waals surface area contributed by atoms with Crippen LogP contribution < -0.4 is 5.73 Å². The average Bonchev–Trinajstić information content (AvgIpc) is 2.26. The number of carbonyl (C=O) groups excluding carboxylic acids is 1. The summed E-state index contributed by atoms with van der Waals surface area (Å²) in [6, 6.07) is 9.15. The summed E-state index contributed by atoms with van der Waals surface area (Å²) < 4.78 is 0. The molecule has 4 heteroatoms. The quantitative estimate of drug-likeness (QED) is 0.784. The third-order valence-electron chi connectivity index (χ3n) is 2.06. The first-order valence-electron chi connectivity index (χ1n) is 4.70. The maximum absolute atomic E-state index is 11.8. The molecule has 0 aromatic heterocycles. The molecule has 0 atom stereocenters. The maximum Gasteiger partial charge on any atom is 0.253 e. The highest BCUT2D eigenvalue weighted by molar-refractivity contribution is 7.80. The van der Waals surface area contributed by atoms with Crippen LogP contribution >= 0.6 is 12.2 Å². The smallest absolute Gasteiger partial charge is 0.253 e. The van der Waals surface area contributed by atoms with E-state index in [0.717, 1.165) is 0 Å². The van der Waals surface area contributed by atoms with Crippen molar-refractivity contribution in [3.63, 3.8) is 0 Å². The summed E-state index contributed by atoms with van der Waals surface area (Å²) in [7, 11) is 1.74. The number of benzene rings is 1. The van der Waals surface area contributed by atoms with Crippen molar-refractivity contribution >= 4 is 23.1 Å². The second kappa shape index (κ2) is 5.46. The Balaban J connectivity index is 2.57. The molecule has 0 bridgehead atoms. The lowest BCUT2D eigenvalue weighted by Crippen LogP contribution is -2.29. The molecule has 0 saturated heterocycles. The van der Waals surface area contributed by atoms with E-state index in [-0.39, 0.29) is 5.91 Å². The van der Waals surface area contributed by atoms with Crippen LogP contribution in [0.4, 0.5) is 0 Å². The summed E-state index contributed by atoms with van der Waals surface area (Å²) in [6.07, 6.45) is 0.560. The van der Waals surface area contributed by atoms with Gasteiger partial charge in [0.1, 0.15) is 0 Å². The number of nitrogens with zero attached hydrogens (tertiary/aromatic N) is 1. The number of thiocarbonyl (C=S) groups is 1. The van der Waals surface area contributed by atoms with E-state index in [1.54, 1.807) is 24.1 Å². The van der Waals surface area contributed by atoms with Gasteiger partial charge in [0.05, 0.1) is 4.99 Å². The molecule has 0 aliphatic heterocycles. The zero-order chi connectivity index (χ0) is 11.3. The summed E-state index contributed by atoms with van der Waals surface area (Å²) in [5.41, 5.74) is 6.06. The molecule has 0 saturated carbocycles. The molecule has 1 aromatic rings. The van der Waals surface area contributed by atoms with Gasteiger partial charge < -0.3 is 10.6 Å². The van der Waals surface area contributed by atoms with Gasteiger partial charge in [0.2, 0.25) is 0 Å². The molecule has 1 amide bonds. The van der Waals surface area contributed by atoms with Gasteiger partial charge >= 0.3 is 0 Å². The van der Waals surface area contributed by atoms with E-state index < -0.39 is 0 Å². The van der Waals surface area contributed by atoms with Gasteiger partial charge in [-0.25, -0.2) is 0 Å². The predicted octanol–water partition coefficient (Wildman–Crippen LogP) is 1.43. The van der Waals surface area contributed by atoms with Crippen molar-refractivity contribution in [2.75, 3.05) is 13.6 Å². The predicted molar refractivity (Wildman–Crippen MR) is 64.8 cm³/mol. The SMILES string of the molecule is CN(CCC(N)=S)C(=O)c1ccccc1. The van der Waals surface area contributed by atoms with E-state index >= 15 is 0 Å². The fraction of sp³-hybridized carbons (Fsp3) is 0.273. The van der Waals surface area contributed by atoms with Crippen molar-refractivity contribution in [2.24, 2.45) is 5.73 Å². The van der Waals surface area contributed by atoms with E-state index in [4.69, 9.17) is 18.0 Å². The molecule has 0 aliphatic rings. The van der Waals surface area contributed by atoms with Gasteiger partial charge in [-0.05, 0) is 12.1 Å². The minimum atomic E-state index is -0.00755. The molecular formula is C11H14N2OS. The van der Waals surface area contributed by atoms with Gasteiger partial charge in [-0.2, -0.15) is 0 Å². The molecule has 15 heavy (non-hydrogen) atoms. The fourth-order valence-corrected chi connectivity index (χ4v) is 1.27. The van der Waals surface area contributed by atoms with Gasteiger partial charge in [-0.1, -0.05) is 30.4 Å². The molecule has 0 unspecified atom stereocenters. The second-order valence-corrected chi connectivity index (χ2v) is 3.83. The molecule has 0 heterocycles. The number of hydrogen-bond acceptors (Lipinski definition) is 2. The van der Waals surface area contributed by atoms with E-state index in [2.05, 4.69) is 0 Å². The largest absolute Gasteiger partial charge is 0.393 e. The standard InChI is InChI=1S/C11H14N2OS/c1-13(8-7-10(12)15)11(14)9-5-3-2-4-6-9/h2-6H,7-8H2,1H3,(H2,12,15). The third kappa shape index (κ3) is 3.67. The Morgan fingerprint density at radius 3 is 2.53 bits per heavy atom. The molecule has 0 spiro atoms. The molecule has 2 N–H and O–H groups in total. The first kappa shape index (κ1) is 11.7. The highest BCUT2D eigenvalue weighted by Gasteiger charge is 2.10. The minimum absolute atomic E-state index is 0.00755. The number of hydrogen-bond donors (Lipinski definition) is 1. The highest BCUT2D eigenvalue weighted by Crippen LogP contribution is 2.03. The summed E-state index contributed by atoms with van der Waals surface area (Å²) in [5, 5.41) is 0. The van der Waals surface area contributed by atoms with Crippen LogP contribution in [0.1, 0.15) is 16.8 Å². The lowest BCUT2D eigenvalue weighted by molar-refractivity contribution is 0.0799. The maximum atomic E-state index is 11.8. The number of carbonyl (C=O) groups is 1. The van der Waals surface area contributed by atoms with Crippen LogP contribution in [-0.2, 0) is 0 Å². The lowest BCUT2D eigenvalue weighted by atomic mass is 10.2. The van der Waals surface area contributed by atoms with E-state index in [1.807, 2.05) is 18.2 Å². The molecule has 0 radical (unpaired) electrons. The third-order valence-corrected chi connectivity index (χ3v) is 2.27. The van der Waals surface area contributed by atoms with Gasteiger partial charge in [-0.15, -0.1) is 0 Å². The molecule has 0 fully saturated rings. The molecule has 1 rings (SSSR count). The summed E-state index contributed by atoms with van der Waals surface area (Å²) in [4.78, 5) is 13.9. The lowest BCUT2D eigenvalue weighted by Gasteiger charge is -2.16. The van der Waals surface area contributed by atoms with Crippen LogP contribution in [0.2, 0.25) is 0 Å². The zero-order valence-corrected chi connectivity index (χ0v) is 9.46. The van der Waals surface area contributed by atoms with E-state index in [9.17, 15) is 4.79 Å². The molecule has 3 nitrogen and oxygen atoms in total. The average molecular weight is 222 g/mol. The van der Waals surface area contributed by atoms with Crippen molar-refractivity contribution in [2.45, 2.75) is 6.42 Å². The van der Waals surface area contributed by atoms with E-state index in [1.165, 1.54) is 0 Å². The van der Waals surface area contributed by atoms with Crippen LogP contribution in [0.5, 0.6) is 0 Å². The summed E-state index contributed by atoms with van der Waals surface area (Å²) in [5.74, 6) is -0.00755. The normalized spacial score (nSPS) is 9.67. The zero-order valence-electron chi connectivity index (χ0n) is 8.64. The van der Waals surface area contributed by atoms with E-state index in [0.29, 0.717) is 23.5 Å². The van der Waals surface area contributed by atoms with Crippen molar-refractivity contribution in [1.82, 2.24) is 4.90 Å². The fourth-order valence-electron chi connectivity index (χ4n) is 1.18. The van der Waals surface area contributed by atoms with Gasteiger partial charge in [-0.3, -0.25) is 4.79 Å². The van der Waals surface area contributed by atoms with Crippen molar-refractivity contribution in [3.05, 3.63) is 35.9 Å². The van der Waals surface area contributed by atoms with Gasteiger partial charge in [0.15, 0.2) is 0 Å². The first-order chi connectivity index (χ1) is 7.11. The molecule has 0 aliphatic carbocycles. The van der Waals surface area contributed by atoms with Gasteiger partial charge in [0, 0.05) is 25.6 Å². The van der Waals surface area contributed by atoms with Crippen LogP contribution in [0, 0.1) is 0 Å². The molecule has 1 aromatic carbocycles. The summed E-state index contributed by atoms with van der Waals surface area (Å²) in [6.45, 7) is 0.559. The highest BCUT2D eigenvalue weighted by atomic mass is 32.1. The van der Waals surface area contributed by atoms with Crippen LogP contribution in [0.25, 0.3) is 0 Å². The van der Waals surface area contributed by atoms with Crippen LogP contribution in [-0.4, -0.2) is 29.4 Å². The van der Waals surface area contributed by atoms with Crippen LogP contribution in [0.3, 0.4) is 0 Å². The Labute approximate surface area is 94.9 Å².